The largest absolute Gasteiger partial charge is 0.391 e. The summed E-state index contributed by atoms with van der Waals surface area (Å²) in [5.74, 6) is 0.748. The molecule has 0 amide bonds. The molecular weight excluding hydrogens is 262 g/mol. The van der Waals surface area contributed by atoms with E-state index in [1.807, 2.05) is 17.4 Å². The second kappa shape index (κ2) is 3.51. The minimum Gasteiger partial charge on any atom is -0.391 e. The van der Waals surface area contributed by atoms with Gasteiger partial charge in [0.15, 0.2) is 17.1 Å². The molecule has 3 N–H and O–H groups in total. The van der Waals surface area contributed by atoms with Crippen molar-refractivity contribution in [2.45, 2.75) is 6.92 Å². The molecule has 0 aliphatic heterocycles. The van der Waals surface area contributed by atoms with Crippen LogP contribution in [0.2, 0.25) is 0 Å². The molecule has 4 aromatic heterocycles. The Kier molecular flexibility index (Phi) is 1.93. The lowest BCUT2D eigenvalue weighted by Gasteiger charge is -1.98. The van der Waals surface area contributed by atoms with Crippen molar-refractivity contribution in [3.05, 3.63) is 24.3 Å². The topological polar surface area (TPSA) is 97.8 Å². The molecule has 8 heteroatoms. The number of nitrogen functional groups attached to an aromatic ring is 1. The molecule has 4 aromatic rings. The fourth-order valence-corrected chi connectivity index (χ4v) is 3.04. The van der Waals surface area contributed by atoms with E-state index in [0.29, 0.717) is 11.3 Å². The number of nitrogens with two attached hydrogens (primary N) is 1. The van der Waals surface area contributed by atoms with Crippen molar-refractivity contribution in [2.24, 2.45) is 0 Å². The van der Waals surface area contributed by atoms with E-state index < -0.39 is 0 Å². The molecule has 0 radical (unpaired) electrons. The molecule has 0 spiro atoms. The highest BCUT2D eigenvalue weighted by molar-refractivity contribution is 7.19. The molecule has 0 aliphatic carbocycles. The molecule has 0 atom stereocenters. The fourth-order valence-electron chi connectivity index (χ4n) is 2.12. The third kappa shape index (κ3) is 1.37. The second-order valence-corrected chi connectivity index (χ2v) is 5.31. The van der Waals surface area contributed by atoms with Gasteiger partial charge in [-0.25, -0.2) is 9.97 Å². The van der Waals surface area contributed by atoms with Gasteiger partial charge in [-0.05, 0) is 18.6 Å². The van der Waals surface area contributed by atoms with Crippen molar-refractivity contribution in [3.63, 3.8) is 0 Å². The van der Waals surface area contributed by atoms with Gasteiger partial charge in [-0.2, -0.15) is 0 Å². The molecule has 4 heterocycles. The van der Waals surface area contributed by atoms with E-state index in [4.69, 9.17) is 5.73 Å². The predicted octanol–water partition coefficient (Wildman–Crippen LogP) is 1.62. The summed E-state index contributed by atoms with van der Waals surface area (Å²) in [7, 11) is 0. The Morgan fingerprint density at radius 3 is 3.00 bits per heavy atom. The third-order valence-electron chi connectivity index (χ3n) is 2.97. The lowest BCUT2D eigenvalue weighted by atomic mass is 10.3. The first kappa shape index (κ1) is 10.4. The molecule has 0 fully saturated rings. The van der Waals surface area contributed by atoms with Gasteiger partial charge in [0.05, 0.1) is 16.2 Å². The molecule has 0 saturated carbocycles. The Bertz CT molecular complexity index is 900. The maximum absolute atomic E-state index is 5.83. The molecule has 19 heavy (non-hydrogen) atoms. The number of aromatic amines is 1. The summed E-state index contributed by atoms with van der Waals surface area (Å²) < 4.78 is 1.85. The standard InChI is InChI=1S/C11H9N7S/c1-5-2-6(12)19-8(5)11-17-16-10-7-9(14-3-13-7)15-4-18(10)11/h2-4H,12H2,1H3,(H,13,14). The van der Waals surface area contributed by atoms with E-state index in [1.165, 1.54) is 11.3 Å². The van der Waals surface area contributed by atoms with Crippen LogP contribution in [0.1, 0.15) is 5.56 Å². The van der Waals surface area contributed by atoms with E-state index in [9.17, 15) is 0 Å². The Morgan fingerprint density at radius 1 is 1.32 bits per heavy atom. The number of rotatable bonds is 1. The van der Waals surface area contributed by atoms with Gasteiger partial charge in [0.25, 0.3) is 0 Å². The number of aromatic nitrogens is 6. The highest BCUT2D eigenvalue weighted by Gasteiger charge is 2.16. The molecule has 0 aliphatic rings. The zero-order valence-corrected chi connectivity index (χ0v) is 10.8. The normalized spacial score (nSPS) is 11.6. The Morgan fingerprint density at radius 2 is 2.21 bits per heavy atom. The minimum atomic E-state index is 0.633. The van der Waals surface area contributed by atoms with Crippen LogP contribution < -0.4 is 5.73 Å². The van der Waals surface area contributed by atoms with Crippen LogP contribution in [0, 0.1) is 6.92 Å². The summed E-state index contributed by atoms with van der Waals surface area (Å²) in [6.07, 6.45) is 3.28. The van der Waals surface area contributed by atoms with Crippen LogP contribution in [0.3, 0.4) is 0 Å². The van der Waals surface area contributed by atoms with Crippen LogP contribution in [-0.2, 0) is 0 Å². The average Bonchev–Trinajstić information content (AvgIpc) is 3.05. The number of imidazole rings is 1. The molecule has 7 nitrogen and oxygen atoms in total. The van der Waals surface area contributed by atoms with Crippen molar-refractivity contribution >= 4 is 33.1 Å². The van der Waals surface area contributed by atoms with Crippen LogP contribution in [0.25, 0.3) is 27.5 Å². The summed E-state index contributed by atoms with van der Waals surface area (Å²) in [6.45, 7) is 2.01. The van der Waals surface area contributed by atoms with Crippen molar-refractivity contribution in [1.82, 2.24) is 29.5 Å². The monoisotopic (exact) mass is 271 g/mol. The third-order valence-corrected chi connectivity index (χ3v) is 4.04. The lowest BCUT2D eigenvalue weighted by Crippen LogP contribution is -1.91. The van der Waals surface area contributed by atoms with Crippen molar-refractivity contribution in [3.8, 4) is 10.7 Å². The molecule has 0 unspecified atom stereocenters. The van der Waals surface area contributed by atoms with Crippen molar-refractivity contribution in [2.75, 3.05) is 5.73 Å². The number of nitrogens with zero attached hydrogens (tertiary/aromatic N) is 5. The molecule has 0 saturated heterocycles. The number of thiophene rings is 1. The molecular formula is C11H9N7S. The average molecular weight is 271 g/mol. The van der Waals surface area contributed by atoms with Gasteiger partial charge in [-0.1, -0.05) is 0 Å². The predicted molar refractivity (Wildman–Crippen MR) is 72.9 cm³/mol. The van der Waals surface area contributed by atoms with Gasteiger partial charge in [0, 0.05) is 0 Å². The van der Waals surface area contributed by atoms with E-state index >= 15 is 0 Å². The molecule has 0 bridgehead atoms. The van der Waals surface area contributed by atoms with Gasteiger partial charge in [-0.3, -0.25) is 4.40 Å². The SMILES string of the molecule is Cc1cc(N)sc1-c1nnc2c3[nH]cnc3ncn12. The Hall–Kier alpha value is -2.48. The number of nitrogens with one attached hydrogen (secondary N) is 1. The zero-order chi connectivity index (χ0) is 13.0. The number of hydrogen-bond donors (Lipinski definition) is 2. The van der Waals surface area contributed by atoms with Gasteiger partial charge >= 0.3 is 0 Å². The summed E-state index contributed by atoms with van der Waals surface area (Å²) in [5.41, 5.74) is 9.04. The highest BCUT2D eigenvalue weighted by atomic mass is 32.1. The molecule has 0 aromatic carbocycles. The van der Waals surface area contributed by atoms with Crippen LogP contribution in [-0.4, -0.2) is 29.5 Å². The summed E-state index contributed by atoms with van der Waals surface area (Å²) >= 11 is 1.50. The van der Waals surface area contributed by atoms with E-state index in [0.717, 1.165) is 26.8 Å². The van der Waals surface area contributed by atoms with E-state index in [-0.39, 0.29) is 0 Å². The van der Waals surface area contributed by atoms with Crippen LogP contribution in [0.4, 0.5) is 5.00 Å². The van der Waals surface area contributed by atoms with E-state index in [2.05, 4.69) is 25.1 Å². The number of hydrogen-bond acceptors (Lipinski definition) is 6. The Labute approximate surface area is 111 Å². The van der Waals surface area contributed by atoms with Gasteiger partial charge in [-0.15, -0.1) is 21.5 Å². The number of aryl methyl sites for hydroxylation is 1. The number of fused-ring (bicyclic) bond motifs is 3. The second-order valence-electron chi connectivity index (χ2n) is 4.22. The van der Waals surface area contributed by atoms with Gasteiger partial charge in [0.2, 0.25) is 0 Å². The smallest absolute Gasteiger partial charge is 0.190 e. The van der Waals surface area contributed by atoms with E-state index in [1.54, 1.807) is 12.7 Å². The van der Waals surface area contributed by atoms with Crippen LogP contribution in [0.15, 0.2) is 18.7 Å². The maximum Gasteiger partial charge on any atom is 0.190 e. The first-order valence-electron chi connectivity index (χ1n) is 5.63. The first-order chi connectivity index (χ1) is 9.24. The first-order valence-corrected chi connectivity index (χ1v) is 6.45. The molecule has 4 rings (SSSR count). The highest BCUT2D eigenvalue weighted by Crippen LogP contribution is 2.33. The number of anilines is 1. The number of H-pyrrole nitrogens is 1. The fraction of sp³-hybridized carbons (Fsp3) is 0.0909. The van der Waals surface area contributed by atoms with Crippen LogP contribution in [0.5, 0.6) is 0 Å². The maximum atomic E-state index is 5.83. The van der Waals surface area contributed by atoms with Crippen molar-refractivity contribution < 1.29 is 0 Å². The minimum absolute atomic E-state index is 0.633. The summed E-state index contributed by atoms with van der Waals surface area (Å²) in [4.78, 5) is 12.4. The van der Waals surface area contributed by atoms with Gasteiger partial charge < -0.3 is 10.7 Å². The van der Waals surface area contributed by atoms with Crippen LogP contribution >= 0.6 is 11.3 Å². The zero-order valence-electron chi connectivity index (χ0n) is 9.95. The van der Waals surface area contributed by atoms with Crippen molar-refractivity contribution in [1.29, 1.82) is 0 Å². The Balaban J connectivity index is 2.08. The quantitative estimate of drug-likeness (QED) is 0.548. The van der Waals surface area contributed by atoms with Gasteiger partial charge in [0.1, 0.15) is 11.8 Å². The summed E-state index contributed by atoms with van der Waals surface area (Å²) in [5, 5.41) is 9.23. The molecule has 94 valence electrons. The summed E-state index contributed by atoms with van der Waals surface area (Å²) in [6, 6.07) is 1.93. The lowest BCUT2D eigenvalue weighted by molar-refractivity contribution is 1.09.